The highest BCUT2D eigenvalue weighted by Gasteiger charge is 2.45. The lowest BCUT2D eigenvalue weighted by atomic mass is 9.95. The predicted molar refractivity (Wildman–Crippen MR) is 116 cm³/mol. The van der Waals surface area contributed by atoms with Gasteiger partial charge in [-0.3, -0.25) is 14.9 Å². The number of fused-ring (bicyclic) bond motifs is 2. The molecule has 2 unspecified atom stereocenters. The number of carbonyl (C=O) groups is 2. The molecule has 2 saturated heterocycles. The Morgan fingerprint density at radius 1 is 0.968 bits per heavy atom. The molecule has 9 heteroatoms. The van der Waals surface area contributed by atoms with Crippen LogP contribution in [0.25, 0.3) is 0 Å². The maximum Gasteiger partial charge on any atom is 0.315 e. The summed E-state index contributed by atoms with van der Waals surface area (Å²) in [5.41, 5.74) is 0.140. The van der Waals surface area contributed by atoms with Crippen LogP contribution in [0.3, 0.4) is 0 Å². The third kappa shape index (κ3) is 5.33. The fraction of sp³-hybridized carbons (Fsp3) is 0.636. The van der Waals surface area contributed by atoms with Crippen molar-refractivity contribution in [3.63, 3.8) is 0 Å². The smallest absolute Gasteiger partial charge is 0.315 e. The van der Waals surface area contributed by atoms with E-state index in [0.717, 1.165) is 38.5 Å². The Hall–Kier alpha value is -2.68. The fourth-order valence-electron chi connectivity index (χ4n) is 5.61. The molecular formula is C22H32N5O4+. The van der Waals surface area contributed by atoms with Crippen LogP contribution in [0.4, 0.5) is 16.2 Å². The first-order valence-electron chi connectivity index (χ1n) is 11.5. The number of nitro benzene ring substituents is 1. The Balaban J connectivity index is 1.28. The van der Waals surface area contributed by atoms with Gasteiger partial charge in [0.25, 0.3) is 11.6 Å². The summed E-state index contributed by atoms with van der Waals surface area (Å²) in [7, 11) is 0. The summed E-state index contributed by atoms with van der Waals surface area (Å²) in [5.74, 6) is -0.206. The molecule has 0 radical (unpaired) electrons. The molecule has 0 aromatic heterocycles. The van der Waals surface area contributed by atoms with E-state index in [9.17, 15) is 19.7 Å². The van der Waals surface area contributed by atoms with Crippen LogP contribution in [-0.2, 0) is 4.79 Å². The molecule has 0 spiro atoms. The van der Waals surface area contributed by atoms with Crippen molar-refractivity contribution in [2.75, 3.05) is 11.9 Å². The first-order chi connectivity index (χ1) is 15.0. The number of nitro groups is 1. The van der Waals surface area contributed by atoms with Crippen LogP contribution in [0.1, 0.15) is 57.8 Å². The Kier molecular flexibility index (Phi) is 6.70. The molecule has 1 aromatic carbocycles. The second kappa shape index (κ2) is 9.64. The number of hydrogen-bond acceptors (Lipinski definition) is 4. The number of para-hydroxylation sites is 2. The van der Waals surface area contributed by atoms with Crippen LogP contribution < -0.4 is 20.9 Å². The van der Waals surface area contributed by atoms with Gasteiger partial charge in [-0.15, -0.1) is 0 Å². The van der Waals surface area contributed by atoms with Gasteiger partial charge in [-0.25, -0.2) is 4.79 Å². The molecule has 2 heterocycles. The number of urea groups is 1. The highest BCUT2D eigenvalue weighted by atomic mass is 16.6. The minimum Gasteiger partial charge on any atom is -0.335 e. The SMILES string of the molecule is O=C(C[NH+]1[C@@H]2CC[C@H]1CC(NC(=O)NC1CCCCC1)C2)Nc1ccccc1[N+](=O)[O-]. The van der Waals surface area contributed by atoms with Gasteiger partial charge in [-0.05, 0) is 18.9 Å². The number of rotatable bonds is 6. The van der Waals surface area contributed by atoms with Crippen molar-refractivity contribution in [3.05, 3.63) is 34.4 Å². The number of benzene rings is 1. The molecule has 2 bridgehead atoms. The van der Waals surface area contributed by atoms with E-state index in [2.05, 4.69) is 16.0 Å². The van der Waals surface area contributed by atoms with Crippen molar-refractivity contribution in [2.45, 2.75) is 82.0 Å². The van der Waals surface area contributed by atoms with Gasteiger partial charge in [-0.2, -0.15) is 0 Å². The number of hydrogen-bond donors (Lipinski definition) is 4. The van der Waals surface area contributed by atoms with Crippen molar-refractivity contribution in [2.24, 2.45) is 0 Å². The number of carbonyl (C=O) groups excluding carboxylic acids is 2. The van der Waals surface area contributed by atoms with Crippen molar-refractivity contribution in [1.82, 2.24) is 10.6 Å². The van der Waals surface area contributed by atoms with E-state index in [-0.39, 0.29) is 29.4 Å². The standard InChI is InChI=1S/C22H31N5O4/c28-21(25-19-8-4-5-9-20(19)27(30)31)14-26-17-10-11-18(26)13-16(12-17)24-22(29)23-15-6-2-1-3-7-15/h4-5,8-9,15-18H,1-3,6-7,10-14H2,(H,25,28)(H2,23,24,29)/p+1/t16?,17-,18+. The average Bonchev–Trinajstić information content (AvgIpc) is 2.97. The minimum atomic E-state index is -0.484. The topological polar surface area (TPSA) is 118 Å². The lowest BCUT2D eigenvalue weighted by Gasteiger charge is -2.36. The maximum atomic E-state index is 12.6. The summed E-state index contributed by atoms with van der Waals surface area (Å²) < 4.78 is 0. The third-order valence-corrected chi connectivity index (χ3v) is 7.07. The second-order valence-corrected chi connectivity index (χ2v) is 9.17. The molecular weight excluding hydrogens is 398 g/mol. The molecule has 4 N–H and O–H groups in total. The van der Waals surface area contributed by atoms with Gasteiger partial charge in [-0.1, -0.05) is 31.4 Å². The minimum absolute atomic E-state index is 0.0612. The van der Waals surface area contributed by atoms with E-state index >= 15 is 0 Å². The van der Waals surface area contributed by atoms with Gasteiger partial charge in [0, 0.05) is 43.8 Å². The summed E-state index contributed by atoms with van der Waals surface area (Å²) in [4.78, 5) is 37.0. The van der Waals surface area contributed by atoms with Crippen LogP contribution in [0, 0.1) is 10.1 Å². The highest BCUT2D eigenvalue weighted by molar-refractivity contribution is 5.93. The van der Waals surface area contributed by atoms with Gasteiger partial charge < -0.3 is 20.9 Å². The number of nitrogens with zero attached hydrogens (tertiary/aromatic N) is 1. The van der Waals surface area contributed by atoms with Crippen LogP contribution >= 0.6 is 0 Å². The van der Waals surface area contributed by atoms with Crippen LogP contribution in [0.15, 0.2) is 24.3 Å². The van der Waals surface area contributed by atoms with Crippen molar-refractivity contribution < 1.29 is 19.4 Å². The maximum absolute atomic E-state index is 12.6. The summed E-state index contributed by atoms with van der Waals surface area (Å²) in [6, 6.07) is 7.24. The van der Waals surface area contributed by atoms with E-state index in [1.807, 2.05) is 0 Å². The van der Waals surface area contributed by atoms with E-state index in [0.29, 0.717) is 24.7 Å². The lowest BCUT2D eigenvalue weighted by molar-refractivity contribution is -0.933. The van der Waals surface area contributed by atoms with Crippen molar-refractivity contribution >= 4 is 23.3 Å². The van der Waals surface area contributed by atoms with E-state index in [4.69, 9.17) is 0 Å². The monoisotopic (exact) mass is 430 g/mol. The zero-order valence-corrected chi connectivity index (χ0v) is 17.8. The Bertz CT molecular complexity index is 812. The first-order valence-corrected chi connectivity index (χ1v) is 11.5. The summed E-state index contributed by atoms with van der Waals surface area (Å²) in [6.45, 7) is 0.294. The molecule has 168 valence electrons. The first kappa shape index (κ1) is 21.5. The fourth-order valence-corrected chi connectivity index (χ4v) is 5.61. The van der Waals surface area contributed by atoms with Crippen molar-refractivity contribution in [3.8, 4) is 0 Å². The number of piperidine rings is 1. The molecule has 3 amide bonds. The molecule has 1 aromatic rings. The predicted octanol–water partition coefficient (Wildman–Crippen LogP) is 1.74. The number of amides is 3. The summed E-state index contributed by atoms with van der Waals surface area (Å²) >= 11 is 0. The Morgan fingerprint density at radius 2 is 1.61 bits per heavy atom. The van der Waals surface area contributed by atoms with Gasteiger partial charge in [0.2, 0.25) is 0 Å². The van der Waals surface area contributed by atoms with E-state index in [1.54, 1.807) is 18.2 Å². The Labute approximate surface area is 182 Å². The van der Waals surface area contributed by atoms with E-state index in [1.165, 1.54) is 30.2 Å². The third-order valence-electron chi connectivity index (χ3n) is 7.07. The molecule has 1 saturated carbocycles. The van der Waals surface area contributed by atoms with Gasteiger partial charge in [0.15, 0.2) is 6.54 Å². The van der Waals surface area contributed by atoms with Crippen LogP contribution in [0.5, 0.6) is 0 Å². The molecule has 4 rings (SSSR count). The summed E-state index contributed by atoms with van der Waals surface area (Å²) in [6.07, 6.45) is 9.57. The van der Waals surface area contributed by atoms with Gasteiger partial charge >= 0.3 is 6.03 Å². The van der Waals surface area contributed by atoms with Crippen LogP contribution in [-0.4, -0.2) is 47.6 Å². The number of quaternary nitrogens is 1. The lowest BCUT2D eigenvalue weighted by Crippen LogP contribution is -3.19. The molecule has 9 nitrogen and oxygen atoms in total. The molecule has 4 atom stereocenters. The quantitative estimate of drug-likeness (QED) is 0.406. The van der Waals surface area contributed by atoms with E-state index < -0.39 is 4.92 Å². The zero-order chi connectivity index (χ0) is 21.8. The number of nitrogens with one attached hydrogen (secondary N) is 4. The normalized spacial score (nSPS) is 28.0. The zero-order valence-electron chi connectivity index (χ0n) is 17.8. The Morgan fingerprint density at radius 3 is 2.29 bits per heavy atom. The molecule has 2 aliphatic heterocycles. The molecule has 3 aliphatic rings. The second-order valence-electron chi connectivity index (χ2n) is 9.17. The van der Waals surface area contributed by atoms with Gasteiger partial charge in [0.05, 0.1) is 17.0 Å². The van der Waals surface area contributed by atoms with Crippen molar-refractivity contribution in [1.29, 1.82) is 0 Å². The molecule has 3 fully saturated rings. The molecule has 1 aliphatic carbocycles. The van der Waals surface area contributed by atoms with Crippen LogP contribution in [0.2, 0.25) is 0 Å². The average molecular weight is 431 g/mol. The highest BCUT2D eigenvalue weighted by Crippen LogP contribution is 2.25. The number of anilines is 1. The van der Waals surface area contributed by atoms with Gasteiger partial charge in [0.1, 0.15) is 5.69 Å². The molecule has 31 heavy (non-hydrogen) atoms. The summed E-state index contributed by atoms with van der Waals surface area (Å²) in [5, 5.41) is 20.2. The largest absolute Gasteiger partial charge is 0.335 e.